The average Bonchev–Trinajstić information content (AvgIpc) is 3.54. The Bertz CT molecular complexity index is 1520. The van der Waals surface area contributed by atoms with E-state index in [1.165, 1.54) is 18.1 Å². The molecule has 0 radical (unpaired) electrons. The lowest BCUT2D eigenvalue weighted by molar-refractivity contribution is -0.137. The molecule has 4 amide bonds. The Balaban J connectivity index is 1.26. The van der Waals surface area contributed by atoms with Crippen LogP contribution in [0.5, 0.6) is 0 Å². The van der Waals surface area contributed by atoms with Gasteiger partial charge in [0.1, 0.15) is 12.1 Å². The number of halogens is 2. The third-order valence-corrected chi connectivity index (χ3v) is 8.60. The van der Waals surface area contributed by atoms with E-state index in [2.05, 4.69) is 21.6 Å². The summed E-state index contributed by atoms with van der Waals surface area (Å²) in [6.45, 7) is 2.89. The first kappa shape index (κ1) is 31.9. The van der Waals surface area contributed by atoms with E-state index >= 15 is 0 Å². The maximum Gasteiger partial charge on any atom is 0.338 e. The van der Waals surface area contributed by atoms with Crippen LogP contribution in [0, 0.1) is 28.9 Å². The molecule has 0 saturated carbocycles. The lowest BCUT2D eigenvalue weighted by Crippen LogP contribution is -2.55. The van der Waals surface area contributed by atoms with Crippen molar-refractivity contribution in [2.45, 2.75) is 31.3 Å². The van der Waals surface area contributed by atoms with Crippen LogP contribution < -0.4 is 15.5 Å². The highest BCUT2D eigenvalue weighted by Gasteiger charge is 2.45. The van der Waals surface area contributed by atoms with Gasteiger partial charge in [0.15, 0.2) is 11.6 Å². The van der Waals surface area contributed by atoms with Crippen molar-refractivity contribution < 1.29 is 32.6 Å². The number of hydrogen-bond acceptors (Lipinski definition) is 8. The Morgan fingerprint density at radius 2 is 1.82 bits per heavy atom. The number of rotatable bonds is 8. The summed E-state index contributed by atoms with van der Waals surface area (Å²) < 4.78 is 38.4. The van der Waals surface area contributed by atoms with E-state index < -0.39 is 35.7 Å². The Morgan fingerprint density at radius 1 is 1.07 bits per heavy atom. The van der Waals surface area contributed by atoms with Gasteiger partial charge in [-0.3, -0.25) is 0 Å². The molecule has 3 aliphatic rings. The maximum atomic E-state index is 14.4. The van der Waals surface area contributed by atoms with E-state index in [9.17, 15) is 28.4 Å². The topological polar surface area (TPSA) is 127 Å². The molecule has 0 aliphatic carbocycles. The van der Waals surface area contributed by atoms with Gasteiger partial charge in [0.05, 0.1) is 36.2 Å². The summed E-state index contributed by atoms with van der Waals surface area (Å²) in [5, 5.41) is 15.6. The number of para-hydroxylation sites is 1. The van der Waals surface area contributed by atoms with Gasteiger partial charge in [-0.2, -0.15) is 5.26 Å². The molecule has 2 atom stereocenters. The number of methoxy groups -OCH3 is 2. The molecular formula is C32H36F2N6O5. The fraction of sp³-hybridized carbons (Fsp3) is 0.438. The molecule has 45 heavy (non-hydrogen) atoms. The van der Waals surface area contributed by atoms with Crippen molar-refractivity contribution in [2.75, 3.05) is 58.5 Å². The van der Waals surface area contributed by atoms with Crippen molar-refractivity contribution in [3.05, 3.63) is 76.5 Å². The number of imide groups is 1. The van der Waals surface area contributed by atoms with Gasteiger partial charge in [-0.15, -0.1) is 0 Å². The Labute approximate surface area is 260 Å². The number of esters is 1. The van der Waals surface area contributed by atoms with Gasteiger partial charge in [-0.05, 0) is 61.6 Å². The number of anilines is 1. The van der Waals surface area contributed by atoms with E-state index in [-0.39, 0.29) is 35.4 Å². The number of carbonyl (C=O) groups is 3. The minimum atomic E-state index is -1.37. The highest BCUT2D eigenvalue weighted by molar-refractivity contribution is 6.01. The first-order valence-corrected chi connectivity index (χ1v) is 14.9. The molecule has 13 heteroatoms. The van der Waals surface area contributed by atoms with Crippen molar-refractivity contribution in [1.82, 2.24) is 20.4 Å². The van der Waals surface area contributed by atoms with Crippen LogP contribution in [0.2, 0.25) is 0 Å². The van der Waals surface area contributed by atoms with Crippen molar-refractivity contribution in [3.8, 4) is 6.07 Å². The predicted octanol–water partition coefficient (Wildman–Crippen LogP) is 3.68. The van der Waals surface area contributed by atoms with Gasteiger partial charge in [0.2, 0.25) is 0 Å². The highest BCUT2D eigenvalue weighted by atomic mass is 19.2. The zero-order valence-corrected chi connectivity index (χ0v) is 25.2. The summed E-state index contributed by atoms with van der Waals surface area (Å²) in [5.74, 6) is -3.01. The molecule has 3 aliphatic heterocycles. The van der Waals surface area contributed by atoms with Gasteiger partial charge in [0.25, 0.3) is 0 Å². The molecule has 2 aromatic rings. The third-order valence-electron chi connectivity index (χ3n) is 8.60. The molecule has 2 fully saturated rings. The summed E-state index contributed by atoms with van der Waals surface area (Å²) in [7, 11) is 2.52. The van der Waals surface area contributed by atoms with Crippen molar-refractivity contribution in [1.29, 1.82) is 5.26 Å². The lowest BCUT2D eigenvalue weighted by atomic mass is 9.93. The first-order chi connectivity index (χ1) is 21.7. The summed E-state index contributed by atoms with van der Waals surface area (Å²) in [6, 6.07) is 10.3. The van der Waals surface area contributed by atoms with Crippen LogP contribution >= 0.6 is 0 Å². The molecule has 2 unspecified atom stereocenters. The van der Waals surface area contributed by atoms with Crippen LogP contribution in [0.3, 0.4) is 0 Å². The van der Waals surface area contributed by atoms with E-state index in [1.54, 1.807) is 0 Å². The summed E-state index contributed by atoms with van der Waals surface area (Å²) in [6.07, 6.45) is 2.52. The molecule has 2 aromatic carbocycles. The largest absolute Gasteiger partial charge is 0.466 e. The molecule has 0 spiro atoms. The summed E-state index contributed by atoms with van der Waals surface area (Å²) in [4.78, 5) is 44.9. The Hall–Kier alpha value is -4.54. The average molecular weight is 623 g/mol. The number of hydrogen-bond donors (Lipinski definition) is 2. The number of ether oxygens (including phenoxy) is 2. The normalized spacial score (nSPS) is 20.7. The number of amides is 4. The molecular weight excluding hydrogens is 586 g/mol. The molecule has 3 heterocycles. The van der Waals surface area contributed by atoms with Crippen LogP contribution in [0.1, 0.15) is 36.4 Å². The zero-order chi connectivity index (χ0) is 32.1. The Morgan fingerprint density at radius 3 is 2.51 bits per heavy atom. The standard InChI is InChI=1S/C32H36F2N6O5/c1-44-19-26-28(30(41)45-2)29(21-7-8-24(33)25(34)15-21)40(31(42)37-26)32(43)39-12-9-20(18-39)17-36-23-10-13-38(14-11-23)27-6-4-3-5-22(27)16-35/h3-8,15,20,23,29,36H,9-14,17-19H2,1-2H3,(H,37,42). The summed E-state index contributed by atoms with van der Waals surface area (Å²) in [5.41, 5.74) is 1.61. The van der Waals surface area contributed by atoms with Crippen molar-refractivity contribution >= 4 is 23.7 Å². The SMILES string of the molecule is COCC1=C(C(=O)OC)C(c2ccc(F)c(F)c2)N(C(=O)N2CCC(CNC3CCN(c4ccccc4C#N)CC3)C2)C(=O)N1. The number of nitrogens with one attached hydrogen (secondary N) is 2. The second kappa shape index (κ2) is 14.0. The number of urea groups is 2. The van der Waals surface area contributed by atoms with Gasteiger partial charge in [-0.1, -0.05) is 18.2 Å². The second-order valence-corrected chi connectivity index (χ2v) is 11.4. The predicted molar refractivity (Wildman–Crippen MR) is 160 cm³/mol. The molecule has 5 rings (SSSR count). The molecule has 238 valence electrons. The number of carbonyl (C=O) groups excluding carboxylic acids is 3. The molecule has 0 bridgehead atoms. The monoisotopic (exact) mass is 622 g/mol. The minimum Gasteiger partial charge on any atom is -0.466 e. The van der Waals surface area contributed by atoms with Crippen LogP contribution in [0.25, 0.3) is 0 Å². The summed E-state index contributed by atoms with van der Waals surface area (Å²) >= 11 is 0. The lowest BCUT2D eigenvalue weighted by Gasteiger charge is -2.38. The number of piperidine rings is 1. The maximum absolute atomic E-state index is 14.4. The minimum absolute atomic E-state index is 0.0345. The molecule has 2 saturated heterocycles. The number of nitriles is 1. The smallest absolute Gasteiger partial charge is 0.338 e. The molecule has 0 aromatic heterocycles. The van der Waals surface area contributed by atoms with Gasteiger partial charge < -0.3 is 29.9 Å². The fourth-order valence-corrected chi connectivity index (χ4v) is 6.29. The second-order valence-electron chi connectivity index (χ2n) is 11.4. The first-order valence-electron chi connectivity index (χ1n) is 14.9. The Kier molecular flexibility index (Phi) is 9.95. The van der Waals surface area contributed by atoms with E-state index in [0.29, 0.717) is 31.6 Å². The van der Waals surface area contributed by atoms with Gasteiger partial charge >= 0.3 is 18.0 Å². The van der Waals surface area contributed by atoms with Crippen LogP contribution in [-0.4, -0.2) is 87.4 Å². The fourth-order valence-electron chi connectivity index (χ4n) is 6.29. The third kappa shape index (κ3) is 6.77. The van der Waals surface area contributed by atoms with Crippen LogP contribution in [0.15, 0.2) is 53.7 Å². The highest BCUT2D eigenvalue weighted by Crippen LogP contribution is 2.36. The number of likely N-dealkylation sites (tertiary alicyclic amines) is 1. The van der Waals surface area contributed by atoms with E-state index in [1.807, 2.05) is 24.3 Å². The van der Waals surface area contributed by atoms with Crippen molar-refractivity contribution in [2.24, 2.45) is 5.92 Å². The molecule has 11 nitrogen and oxygen atoms in total. The number of nitrogens with zero attached hydrogens (tertiary/aromatic N) is 4. The van der Waals surface area contributed by atoms with E-state index in [0.717, 1.165) is 55.8 Å². The quantitative estimate of drug-likeness (QED) is 0.427. The zero-order valence-electron chi connectivity index (χ0n) is 25.2. The van der Waals surface area contributed by atoms with Gasteiger partial charge in [-0.25, -0.2) is 28.1 Å². The van der Waals surface area contributed by atoms with E-state index in [4.69, 9.17) is 9.47 Å². The molecule has 2 N–H and O–H groups in total. The van der Waals surface area contributed by atoms with Crippen molar-refractivity contribution in [3.63, 3.8) is 0 Å². The number of benzene rings is 2. The van der Waals surface area contributed by atoms with Crippen LogP contribution in [0.4, 0.5) is 24.1 Å². The van der Waals surface area contributed by atoms with Gasteiger partial charge in [0, 0.05) is 39.3 Å². The van der Waals surface area contributed by atoms with Crippen LogP contribution in [-0.2, 0) is 14.3 Å².